The maximum atomic E-state index is 11.8. The molecule has 23 heavy (non-hydrogen) atoms. The Kier molecular flexibility index (Phi) is 3.69. The number of rotatable bonds is 3. The number of halogens is 1. The summed E-state index contributed by atoms with van der Waals surface area (Å²) in [5, 5.41) is 5.16. The third-order valence-electron chi connectivity index (χ3n) is 4.60. The first kappa shape index (κ1) is 14.5. The second-order valence-electron chi connectivity index (χ2n) is 6.04. The Bertz CT molecular complexity index is 731. The first-order valence-corrected chi connectivity index (χ1v) is 8.29. The predicted octanol–water partition coefficient (Wildman–Crippen LogP) is 2.51. The zero-order chi connectivity index (χ0) is 15.8. The molecule has 4 heterocycles. The molecule has 4 rings (SSSR count). The Morgan fingerprint density at radius 2 is 2.17 bits per heavy atom. The molecule has 1 unspecified atom stereocenters. The molecule has 6 nitrogen and oxygen atoms in total. The number of amides is 1. The summed E-state index contributed by atoms with van der Waals surface area (Å²) in [7, 11) is 0. The number of aromatic nitrogens is 3. The Morgan fingerprint density at radius 1 is 1.26 bits per heavy atom. The minimum atomic E-state index is 0.196. The van der Waals surface area contributed by atoms with Crippen LogP contribution in [0.1, 0.15) is 25.3 Å². The average Bonchev–Trinajstić information content (AvgIpc) is 3.26. The third-order valence-corrected chi connectivity index (χ3v) is 4.89. The molecule has 0 aliphatic carbocycles. The van der Waals surface area contributed by atoms with E-state index in [1.807, 2.05) is 21.8 Å². The first-order chi connectivity index (χ1) is 11.2. The van der Waals surface area contributed by atoms with Crippen LogP contribution >= 0.6 is 11.6 Å². The maximum absolute atomic E-state index is 11.8. The smallest absolute Gasteiger partial charge is 0.227 e. The molecule has 2 fully saturated rings. The molecule has 0 radical (unpaired) electrons. The van der Waals surface area contributed by atoms with Gasteiger partial charge in [-0.3, -0.25) is 14.5 Å². The lowest BCUT2D eigenvalue weighted by molar-refractivity contribution is -0.117. The number of hydrogen-bond donors (Lipinski definition) is 0. The van der Waals surface area contributed by atoms with Crippen molar-refractivity contribution in [1.82, 2.24) is 14.8 Å². The van der Waals surface area contributed by atoms with Crippen molar-refractivity contribution in [3.63, 3.8) is 0 Å². The van der Waals surface area contributed by atoms with Crippen LogP contribution in [-0.2, 0) is 4.79 Å². The van der Waals surface area contributed by atoms with E-state index in [1.165, 1.54) is 0 Å². The fourth-order valence-corrected chi connectivity index (χ4v) is 3.63. The Balaban J connectivity index is 1.49. The van der Waals surface area contributed by atoms with Crippen LogP contribution in [0.3, 0.4) is 0 Å². The van der Waals surface area contributed by atoms with Crippen molar-refractivity contribution in [1.29, 1.82) is 0 Å². The van der Waals surface area contributed by atoms with Crippen LogP contribution in [0.25, 0.3) is 0 Å². The lowest BCUT2D eigenvalue weighted by Crippen LogP contribution is -2.23. The molecule has 7 heteroatoms. The zero-order valence-corrected chi connectivity index (χ0v) is 13.5. The second-order valence-corrected chi connectivity index (χ2v) is 6.45. The number of hydrogen-bond acceptors (Lipinski definition) is 4. The molecule has 0 N–H and O–H groups in total. The average molecular weight is 332 g/mol. The van der Waals surface area contributed by atoms with Crippen LogP contribution in [0, 0.1) is 0 Å². The minimum absolute atomic E-state index is 0.196. The Hall–Kier alpha value is -2.08. The fourth-order valence-electron chi connectivity index (χ4n) is 3.39. The monoisotopic (exact) mass is 331 g/mol. The summed E-state index contributed by atoms with van der Waals surface area (Å²) in [5.74, 6) is 0.196. The first-order valence-electron chi connectivity index (χ1n) is 7.91. The van der Waals surface area contributed by atoms with E-state index in [1.54, 1.807) is 18.6 Å². The van der Waals surface area contributed by atoms with Crippen molar-refractivity contribution in [3.05, 3.63) is 35.9 Å². The summed E-state index contributed by atoms with van der Waals surface area (Å²) in [6.45, 7) is 2.60. The number of carbonyl (C=O) groups excluding carboxylic acids is 1. The van der Waals surface area contributed by atoms with Crippen LogP contribution < -0.4 is 9.80 Å². The van der Waals surface area contributed by atoms with E-state index in [-0.39, 0.29) is 5.91 Å². The van der Waals surface area contributed by atoms with Crippen LogP contribution in [-0.4, -0.2) is 40.3 Å². The second kappa shape index (κ2) is 5.85. The number of pyridine rings is 1. The molecule has 0 bridgehead atoms. The molecule has 2 aliphatic heterocycles. The van der Waals surface area contributed by atoms with E-state index >= 15 is 0 Å². The molecule has 1 amide bonds. The van der Waals surface area contributed by atoms with E-state index in [0.29, 0.717) is 17.5 Å². The molecule has 0 saturated carbocycles. The molecular formula is C16H18ClN5O. The van der Waals surface area contributed by atoms with Crippen molar-refractivity contribution in [2.75, 3.05) is 29.4 Å². The molecule has 0 spiro atoms. The van der Waals surface area contributed by atoms with Gasteiger partial charge in [0.1, 0.15) is 0 Å². The quantitative estimate of drug-likeness (QED) is 0.867. The highest BCUT2D eigenvalue weighted by molar-refractivity contribution is 6.33. The summed E-state index contributed by atoms with van der Waals surface area (Å²) in [4.78, 5) is 20.0. The van der Waals surface area contributed by atoms with Crippen molar-refractivity contribution in [2.45, 2.75) is 25.3 Å². The number of carbonyl (C=O) groups is 1. The van der Waals surface area contributed by atoms with Crippen LogP contribution in [0.4, 0.5) is 11.4 Å². The summed E-state index contributed by atoms with van der Waals surface area (Å²) in [5.41, 5.74) is 1.93. The van der Waals surface area contributed by atoms with E-state index in [9.17, 15) is 4.79 Å². The van der Waals surface area contributed by atoms with E-state index in [0.717, 1.165) is 43.9 Å². The van der Waals surface area contributed by atoms with Crippen molar-refractivity contribution in [2.24, 2.45) is 0 Å². The molecular weight excluding hydrogens is 314 g/mol. The Labute approximate surface area is 139 Å². The Morgan fingerprint density at radius 3 is 2.96 bits per heavy atom. The van der Waals surface area contributed by atoms with Gasteiger partial charge >= 0.3 is 0 Å². The van der Waals surface area contributed by atoms with Gasteiger partial charge in [0.15, 0.2) is 0 Å². The zero-order valence-electron chi connectivity index (χ0n) is 12.7. The van der Waals surface area contributed by atoms with Crippen molar-refractivity contribution >= 4 is 28.9 Å². The van der Waals surface area contributed by atoms with Gasteiger partial charge in [0, 0.05) is 44.6 Å². The lowest BCUT2D eigenvalue weighted by Gasteiger charge is -2.19. The van der Waals surface area contributed by atoms with Gasteiger partial charge in [-0.15, -0.1) is 0 Å². The molecule has 2 aromatic heterocycles. The van der Waals surface area contributed by atoms with E-state index in [4.69, 9.17) is 11.6 Å². The highest BCUT2D eigenvalue weighted by atomic mass is 35.5. The fraction of sp³-hybridized carbons (Fsp3) is 0.438. The molecule has 2 saturated heterocycles. The maximum Gasteiger partial charge on any atom is 0.227 e. The largest absolute Gasteiger partial charge is 0.368 e. The van der Waals surface area contributed by atoms with Crippen molar-refractivity contribution < 1.29 is 4.79 Å². The lowest BCUT2D eigenvalue weighted by atomic mass is 10.3. The van der Waals surface area contributed by atoms with Crippen LogP contribution in [0.15, 0.2) is 30.9 Å². The highest BCUT2D eigenvalue weighted by Gasteiger charge is 2.28. The molecule has 1 atom stereocenters. The van der Waals surface area contributed by atoms with Gasteiger partial charge in [-0.2, -0.15) is 5.10 Å². The molecule has 2 aromatic rings. The van der Waals surface area contributed by atoms with Crippen LogP contribution in [0.2, 0.25) is 5.02 Å². The van der Waals surface area contributed by atoms with Crippen molar-refractivity contribution in [3.8, 4) is 0 Å². The normalized spacial score (nSPS) is 21.4. The predicted molar refractivity (Wildman–Crippen MR) is 88.9 cm³/mol. The molecule has 2 aliphatic rings. The SMILES string of the molecule is O=C1CCCN1c1cnn(C2CCN(c3ccncc3Cl)C2)c1. The summed E-state index contributed by atoms with van der Waals surface area (Å²) in [6.07, 6.45) is 9.81. The van der Waals surface area contributed by atoms with Crippen LogP contribution in [0.5, 0.6) is 0 Å². The highest BCUT2D eigenvalue weighted by Crippen LogP contribution is 2.32. The van der Waals surface area contributed by atoms with Gasteiger partial charge in [-0.05, 0) is 18.9 Å². The molecule has 120 valence electrons. The standard InChI is InChI=1S/C16H18ClN5O/c17-14-9-18-5-3-15(14)20-7-4-12(10-20)22-11-13(8-19-22)21-6-1-2-16(21)23/h3,5,8-9,11-12H,1-2,4,6-7,10H2. The van der Waals surface area contributed by atoms with Gasteiger partial charge < -0.3 is 9.80 Å². The van der Waals surface area contributed by atoms with E-state index < -0.39 is 0 Å². The van der Waals surface area contributed by atoms with Gasteiger partial charge in [0.05, 0.1) is 28.6 Å². The number of nitrogens with zero attached hydrogens (tertiary/aromatic N) is 5. The topological polar surface area (TPSA) is 54.3 Å². The van der Waals surface area contributed by atoms with Gasteiger partial charge in [-0.1, -0.05) is 11.6 Å². The minimum Gasteiger partial charge on any atom is -0.368 e. The van der Waals surface area contributed by atoms with Gasteiger partial charge in [0.25, 0.3) is 0 Å². The number of anilines is 2. The van der Waals surface area contributed by atoms with Gasteiger partial charge in [0.2, 0.25) is 5.91 Å². The summed E-state index contributed by atoms with van der Waals surface area (Å²) < 4.78 is 1.98. The van der Waals surface area contributed by atoms with Gasteiger partial charge in [-0.25, -0.2) is 0 Å². The third kappa shape index (κ3) is 2.67. The van der Waals surface area contributed by atoms with E-state index in [2.05, 4.69) is 15.0 Å². The molecule has 0 aromatic carbocycles. The summed E-state index contributed by atoms with van der Waals surface area (Å²) in [6, 6.07) is 2.24. The summed E-state index contributed by atoms with van der Waals surface area (Å²) >= 11 is 6.23.